The molecular weight excluding hydrogens is 240 g/mol. The summed E-state index contributed by atoms with van der Waals surface area (Å²) in [6, 6.07) is 6.19. The summed E-state index contributed by atoms with van der Waals surface area (Å²) in [5.41, 5.74) is 8.80. The van der Waals surface area contributed by atoms with Gasteiger partial charge in [0.25, 0.3) is 0 Å². The van der Waals surface area contributed by atoms with Crippen LogP contribution in [0, 0.1) is 6.92 Å². The quantitative estimate of drug-likeness (QED) is 0.894. The lowest BCUT2D eigenvalue weighted by atomic mass is 10.1. The van der Waals surface area contributed by atoms with E-state index in [4.69, 9.17) is 10.2 Å². The van der Waals surface area contributed by atoms with Crippen LogP contribution in [0.2, 0.25) is 0 Å². The number of aryl methyl sites for hydroxylation is 1. The topological polar surface area (TPSA) is 59.5 Å². The van der Waals surface area contributed by atoms with Gasteiger partial charge < -0.3 is 15.1 Å². The standard InChI is InChI=1S/C15H18N2O2/c1-10-2-3-13-11(9-19-14(13)6-10)7-15(18)17-5-4-12(16)8-17/h2-3,6,9,12H,4-5,7-8,16H2,1H3/t12-/m0/s1. The van der Waals surface area contributed by atoms with Gasteiger partial charge in [0, 0.05) is 30.1 Å². The van der Waals surface area contributed by atoms with Gasteiger partial charge in [0.15, 0.2) is 0 Å². The van der Waals surface area contributed by atoms with Crippen LogP contribution in [0.3, 0.4) is 0 Å². The lowest BCUT2D eigenvalue weighted by Crippen LogP contribution is -2.32. The second-order valence-electron chi connectivity index (χ2n) is 5.33. The van der Waals surface area contributed by atoms with Crippen molar-refractivity contribution >= 4 is 16.9 Å². The summed E-state index contributed by atoms with van der Waals surface area (Å²) in [5, 5.41) is 1.03. The first-order chi connectivity index (χ1) is 9.13. The summed E-state index contributed by atoms with van der Waals surface area (Å²) < 4.78 is 5.52. The molecule has 1 aromatic heterocycles. The molecule has 0 unspecified atom stereocenters. The largest absolute Gasteiger partial charge is 0.464 e. The van der Waals surface area contributed by atoms with Crippen LogP contribution in [0.15, 0.2) is 28.9 Å². The summed E-state index contributed by atoms with van der Waals surface area (Å²) in [6.45, 7) is 3.47. The SMILES string of the molecule is Cc1ccc2c(CC(=O)N3CC[C@H](N)C3)coc2c1. The molecule has 3 rings (SSSR count). The van der Waals surface area contributed by atoms with Gasteiger partial charge in [-0.2, -0.15) is 0 Å². The number of rotatable bonds is 2. The van der Waals surface area contributed by atoms with Crippen molar-refractivity contribution in [2.45, 2.75) is 25.8 Å². The molecule has 4 heteroatoms. The molecule has 1 fully saturated rings. The van der Waals surface area contributed by atoms with E-state index in [9.17, 15) is 4.79 Å². The number of nitrogens with two attached hydrogens (primary N) is 1. The minimum Gasteiger partial charge on any atom is -0.464 e. The first-order valence-corrected chi connectivity index (χ1v) is 6.63. The number of amides is 1. The van der Waals surface area contributed by atoms with E-state index in [2.05, 4.69) is 0 Å². The van der Waals surface area contributed by atoms with Crippen LogP contribution in [-0.2, 0) is 11.2 Å². The predicted molar refractivity (Wildman–Crippen MR) is 73.8 cm³/mol. The Kier molecular flexibility index (Phi) is 3.03. The number of likely N-dealkylation sites (tertiary alicyclic amines) is 1. The molecular formula is C15H18N2O2. The highest BCUT2D eigenvalue weighted by Gasteiger charge is 2.24. The summed E-state index contributed by atoms with van der Waals surface area (Å²) in [5.74, 6) is 0.135. The number of benzene rings is 1. The Balaban J connectivity index is 1.80. The van der Waals surface area contributed by atoms with Crippen LogP contribution in [0.4, 0.5) is 0 Å². The molecule has 1 aliphatic heterocycles. The molecule has 0 bridgehead atoms. The van der Waals surface area contributed by atoms with Crippen molar-refractivity contribution in [1.29, 1.82) is 0 Å². The Labute approximate surface area is 112 Å². The van der Waals surface area contributed by atoms with Gasteiger partial charge in [0.2, 0.25) is 5.91 Å². The molecule has 1 aromatic carbocycles. The van der Waals surface area contributed by atoms with Crippen LogP contribution in [-0.4, -0.2) is 29.9 Å². The number of hydrogen-bond acceptors (Lipinski definition) is 3. The molecule has 1 atom stereocenters. The number of hydrogen-bond donors (Lipinski definition) is 1. The maximum Gasteiger partial charge on any atom is 0.227 e. The fourth-order valence-electron chi connectivity index (χ4n) is 2.62. The van der Waals surface area contributed by atoms with E-state index in [-0.39, 0.29) is 11.9 Å². The third-order valence-electron chi connectivity index (χ3n) is 3.73. The second kappa shape index (κ2) is 4.70. The Morgan fingerprint density at radius 3 is 3.11 bits per heavy atom. The van der Waals surface area contributed by atoms with E-state index in [0.717, 1.165) is 35.1 Å². The van der Waals surface area contributed by atoms with Crippen LogP contribution in [0.25, 0.3) is 11.0 Å². The zero-order valence-corrected chi connectivity index (χ0v) is 11.1. The zero-order chi connectivity index (χ0) is 13.4. The van der Waals surface area contributed by atoms with Crippen molar-refractivity contribution in [3.63, 3.8) is 0 Å². The van der Waals surface area contributed by atoms with Crippen molar-refractivity contribution in [2.24, 2.45) is 5.73 Å². The first-order valence-electron chi connectivity index (χ1n) is 6.63. The molecule has 0 radical (unpaired) electrons. The van der Waals surface area contributed by atoms with Crippen LogP contribution in [0.1, 0.15) is 17.5 Å². The molecule has 100 valence electrons. The summed E-state index contributed by atoms with van der Waals surface area (Å²) in [7, 11) is 0. The van der Waals surface area contributed by atoms with Crippen LogP contribution >= 0.6 is 0 Å². The molecule has 1 saturated heterocycles. The predicted octanol–water partition coefficient (Wildman–Crippen LogP) is 1.84. The molecule has 2 aromatic rings. The summed E-state index contributed by atoms with van der Waals surface area (Å²) in [6.07, 6.45) is 2.98. The smallest absolute Gasteiger partial charge is 0.227 e. The van der Waals surface area contributed by atoms with Gasteiger partial charge in [0.05, 0.1) is 12.7 Å². The van der Waals surface area contributed by atoms with Gasteiger partial charge in [-0.05, 0) is 25.0 Å². The normalized spacial score (nSPS) is 19.3. The number of carbonyl (C=O) groups is 1. The average molecular weight is 258 g/mol. The van der Waals surface area contributed by atoms with E-state index in [1.54, 1.807) is 6.26 Å². The van der Waals surface area contributed by atoms with Gasteiger partial charge in [-0.25, -0.2) is 0 Å². The number of fused-ring (bicyclic) bond motifs is 1. The number of furan rings is 1. The highest BCUT2D eigenvalue weighted by atomic mass is 16.3. The molecule has 2 N–H and O–H groups in total. The Hall–Kier alpha value is -1.81. The molecule has 19 heavy (non-hydrogen) atoms. The highest BCUT2D eigenvalue weighted by Crippen LogP contribution is 2.23. The highest BCUT2D eigenvalue weighted by molar-refractivity contribution is 5.88. The Bertz CT molecular complexity index is 618. The number of nitrogens with zero attached hydrogens (tertiary/aromatic N) is 1. The summed E-state index contributed by atoms with van der Waals surface area (Å²) in [4.78, 5) is 14.0. The molecule has 0 spiro atoms. The number of carbonyl (C=O) groups excluding carboxylic acids is 1. The minimum atomic E-state index is 0.132. The van der Waals surface area contributed by atoms with Gasteiger partial charge in [-0.15, -0.1) is 0 Å². The van der Waals surface area contributed by atoms with Crippen molar-refractivity contribution in [3.8, 4) is 0 Å². The van der Waals surface area contributed by atoms with Crippen molar-refractivity contribution in [2.75, 3.05) is 13.1 Å². The van der Waals surface area contributed by atoms with Gasteiger partial charge in [0.1, 0.15) is 5.58 Å². The molecule has 1 amide bonds. The van der Waals surface area contributed by atoms with E-state index in [0.29, 0.717) is 13.0 Å². The van der Waals surface area contributed by atoms with E-state index >= 15 is 0 Å². The molecule has 0 aliphatic carbocycles. The maximum atomic E-state index is 12.2. The molecule has 0 saturated carbocycles. The van der Waals surface area contributed by atoms with Crippen LogP contribution < -0.4 is 5.73 Å². The van der Waals surface area contributed by atoms with Gasteiger partial charge in [-0.1, -0.05) is 12.1 Å². The summed E-state index contributed by atoms with van der Waals surface area (Å²) >= 11 is 0. The fourth-order valence-corrected chi connectivity index (χ4v) is 2.62. The lowest BCUT2D eigenvalue weighted by molar-refractivity contribution is -0.129. The third kappa shape index (κ3) is 2.36. The van der Waals surface area contributed by atoms with E-state index in [1.165, 1.54) is 0 Å². The van der Waals surface area contributed by atoms with Gasteiger partial charge >= 0.3 is 0 Å². The third-order valence-corrected chi connectivity index (χ3v) is 3.73. The molecule has 2 heterocycles. The van der Waals surface area contributed by atoms with Crippen molar-refractivity contribution in [3.05, 3.63) is 35.6 Å². The van der Waals surface area contributed by atoms with E-state index in [1.807, 2.05) is 30.0 Å². The Morgan fingerprint density at radius 1 is 1.53 bits per heavy atom. The first kappa shape index (κ1) is 12.2. The van der Waals surface area contributed by atoms with Crippen LogP contribution in [0.5, 0.6) is 0 Å². The second-order valence-corrected chi connectivity index (χ2v) is 5.33. The average Bonchev–Trinajstić information content (AvgIpc) is 2.96. The van der Waals surface area contributed by atoms with Gasteiger partial charge in [-0.3, -0.25) is 4.79 Å². The Morgan fingerprint density at radius 2 is 2.37 bits per heavy atom. The molecule has 4 nitrogen and oxygen atoms in total. The fraction of sp³-hybridized carbons (Fsp3) is 0.400. The van der Waals surface area contributed by atoms with Crippen molar-refractivity contribution < 1.29 is 9.21 Å². The lowest BCUT2D eigenvalue weighted by Gasteiger charge is -2.15. The monoisotopic (exact) mass is 258 g/mol. The maximum absolute atomic E-state index is 12.2. The van der Waals surface area contributed by atoms with E-state index < -0.39 is 0 Å². The van der Waals surface area contributed by atoms with Crippen molar-refractivity contribution in [1.82, 2.24) is 4.90 Å². The minimum absolute atomic E-state index is 0.132. The zero-order valence-electron chi connectivity index (χ0n) is 11.1. The molecule has 1 aliphatic rings.